The van der Waals surface area contributed by atoms with Crippen molar-refractivity contribution in [2.45, 2.75) is 66.1 Å². The number of nitrogens with zero attached hydrogens (tertiary/aromatic N) is 4. The van der Waals surface area contributed by atoms with Crippen molar-refractivity contribution in [3.63, 3.8) is 0 Å². The number of hydrogen-bond acceptors (Lipinski definition) is 5. The summed E-state index contributed by atoms with van der Waals surface area (Å²) < 4.78 is 33.5. The van der Waals surface area contributed by atoms with Crippen molar-refractivity contribution < 1.29 is 29.9 Å². The second-order valence-corrected chi connectivity index (χ2v) is 16.5. The maximum atomic E-state index is 7.89. The predicted molar refractivity (Wildman–Crippen MR) is 237 cm³/mol. The number of rotatable bonds is 9. The SMILES string of the molecule is [2H]C([2H])([2H])c1ccc(-c2[c-]c(Oc3ccc4c5ccccc5n(-c5[c-]ccc(-c6ccccc6)c5)c4n3)c3sc(-c4c(C(C)C)cc(C(C)C)cc4C(C)C)nc3c2)nc1.[Pt+2]. The van der Waals surface area contributed by atoms with E-state index in [0.717, 1.165) is 59.5 Å². The molecule has 0 saturated heterocycles. The van der Waals surface area contributed by atoms with E-state index < -0.39 is 6.85 Å². The molecule has 0 atom stereocenters. The fourth-order valence-corrected chi connectivity index (χ4v) is 8.71. The van der Waals surface area contributed by atoms with Crippen LogP contribution < -0.4 is 4.74 Å². The molecule has 5 aromatic carbocycles. The maximum Gasteiger partial charge on any atom is 2.00 e. The van der Waals surface area contributed by atoms with Crippen molar-refractivity contribution in [1.82, 2.24) is 19.5 Å². The van der Waals surface area contributed by atoms with Crippen LogP contribution in [0, 0.1) is 19.0 Å². The third-order valence-electron chi connectivity index (χ3n) is 10.6. The van der Waals surface area contributed by atoms with E-state index in [1.54, 1.807) is 23.5 Å². The number of pyridine rings is 2. The Morgan fingerprint density at radius 2 is 1.50 bits per heavy atom. The zero-order chi connectivity index (χ0) is 41.9. The van der Waals surface area contributed by atoms with Crippen LogP contribution in [0.1, 0.15) is 85.7 Å². The molecule has 290 valence electrons. The Balaban J connectivity index is 0.00000514. The summed E-state index contributed by atoms with van der Waals surface area (Å²) in [5.41, 5.74) is 12.0. The molecule has 0 saturated carbocycles. The van der Waals surface area contributed by atoms with Gasteiger partial charge in [0.1, 0.15) is 10.7 Å². The summed E-state index contributed by atoms with van der Waals surface area (Å²) in [5.74, 6) is 1.80. The molecule has 0 aliphatic heterocycles. The van der Waals surface area contributed by atoms with E-state index in [0.29, 0.717) is 28.8 Å². The molecule has 4 aromatic heterocycles. The monoisotopic (exact) mass is 958 g/mol. The van der Waals surface area contributed by atoms with Crippen LogP contribution in [-0.4, -0.2) is 19.5 Å². The van der Waals surface area contributed by atoms with E-state index in [1.807, 2.05) is 48.5 Å². The number of aryl methyl sites for hydroxylation is 1. The normalized spacial score (nSPS) is 12.7. The molecule has 7 heteroatoms. The Morgan fingerprint density at radius 1 is 0.741 bits per heavy atom. The number of para-hydroxylation sites is 1. The van der Waals surface area contributed by atoms with Crippen LogP contribution in [0.2, 0.25) is 0 Å². The van der Waals surface area contributed by atoms with Crippen LogP contribution in [0.4, 0.5) is 0 Å². The number of aromatic nitrogens is 4. The Bertz CT molecular complexity index is 3020. The van der Waals surface area contributed by atoms with Gasteiger partial charge in [-0.25, -0.2) is 0 Å². The minimum atomic E-state index is -2.27. The quantitative estimate of drug-likeness (QED) is 0.135. The molecular weight excluding hydrogens is 912 g/mol. The number of hydrogen-bond donors (Lipinski definition) is 0. The van der Waals surface area contributed by atoms with Crippen molar-refractivity contribution in [1.29, 1.82) is 0 Å². The average Bonchev–Trinajstić information content (AvgIpc) is 3.82. The van der Waals surface area contributed by atoms with Gasteiger partial charge in [-0.1, -0.05) is 126 Å². The summed E-state index contributed by atoms with van der Waals surface area (Å²) in [6, 6.07) is 45.7. The molecule has 58 heavy (non-hydrogen) atoms. The first-order valence-corrected chi connectivity index (χ1v) is 20.3. The van der Waals surface area contributed by atoms with Gasteiger partial charge in [0.05, 0.1) is 11.3 Å². The van der Waals surface area contributed by atoms with Crippen molar-refractivity contribution >= 4 is 43.5 Å². The van der Waals surface area contributed by atoms with Gasteiger partial charge in [0, 0.05) is 42.9 Å². The van der Waals surface area contributed by atoms with Crippen molar-refractivity contribution in [2.24, 2.45) is 0 Å². The molecule has 0 unspecified atom stereocenters. The Kier molecular flexibility index (Phi) is 9.90. The van der Waals surface area contributed by atoms with Gasteiger partial charge in [-0.15, -0.1) is 23.3 Å². The average molecular weight is 959 g/mol. The molecule has 0 amide bonds. The molecule has 5 nitrogen and oxygen atoms in total. The van der Waals surface area contributed by atoms with Crippen LogP contribution in [0.15, 0.2) is 121 Å². The molecule has 0 bridgehead atoms. The molecule has 0 fully saturated rings. The molecule has 0 aliphatic carbocycles. The van der Waals surface area contributed by atoms with E-state index in [-0.39, 0.29) is 38.5 Å². The maximum absolute atomic E-state index is 7.89. The van der Waals surface area contributed by atoms with Crippen molar-refractivity contribution in [2.75, 3.05) is 0 Å². The fraction of sp³-hybridized carbons (Fsp3) is 0.196. The predicted octanol–water partition coefficient (Wildman–Crippen LogP) is 14.3. The van der Waals surface area contributed by atoms with E-state index in [1.165, 1.54) is 22.9 Å². The standard InChI is InChI=1S/C51H44N4OS.Pt/c1-30(2)36-25-41(31(3)4)48(42(26-36)32(5)6)51-53-44-27-37(43-22-20-33(7)29-52-43)28-46(49(44)57-51)56-47-23-21-40-39-18-11-12-19-45(39)55(50(40)54-47)38-17-13-16-35(24-38)34-14-9-8-10-15-34;/h8-16,18-27,29-32H,1-7H3;/q-2;+2/i7D3;. The van der Waals surface area contributed by atoms with Gasteiger partial charge in [-0.05, 0) is 70.2 Å². The van der Waals surface area contributed by atoms with Gasteiger partial charge in [0.25, 0.3) is 0 Å². The van der Waals surface area contributed by atoms with Gasteiger partial charge in [0.15, 0.2) is 0 Å². The first-order chi connectivity index (χ1) is 28.8. The molecule has 0 N–H and O–H groups in total. The molecule has 9 aromatic rings. The van der Waals surface area contributed by atoms with Crippen LogP contribution in [0.3, 0.4) is 0 Å². The minimum absolute atomic E-state index is 0. The van der Waals surface area contributed by atoms with Crippen LogP contribution in [-0.2, 0) is 21.1 Å². The Hall–Kier alpha value is -5.42. The largest absolute Gasteiger partial charge is 2.00 e. The van der Waals surface area contributed by atoms with E-state index >= 15 is 0 Å². The number of ether oxygens (including phenoxy) is 1. The minimum Gasteiger partial charge on any atom is -0.457 e. The van der Waals surface area contributed by atoms with Gasteiger partial charge in [-0.2, -0.15) is 34.5 Å². The molecule has 9 rings (SSSR count). The molecular formula is C51H44N4OPtS. The molecule has 4 heterocycles. The van der Waals surface area contributed by atoms with E-state index in [2.05, 4.69) is 118 Å². The zero-order valence-electron chi connectivity index (χ0n) is 36.2. The molecule has 0 aliphatic rings. The van der Waals surface area contributed by atoms with Crippen molar-refractivity contribution in [3.8, 4) is 50.3 Å². The summed E-state index contributed by atoms with van der Waals surface area (Å²) >= 11 is 1.59. The summed E-state index contributed by atoms with van der Waals surface area (Å²) in [7, 11) is 0. The second-order valence-electron chi connectivity index (χ2n) is 15.5. The van der Waals surface area contributed by atoms with Crippen LogP contribution in [0.5, 0.6) is 11.6 Å². The van der Waals surface area contributed by atoms with E-state index in [9.17, 15) is 0 Å². The van der Waals surface area contributed by atoms with Crippen LogP contribution >= 0.6 is 11.3 Å². The Labute approximate surface area is 363 Å². The second kappa shape index (κ2) is 16.1. The van der Waals surface area contributed by atoms with Crippen LogP contribution in [0.25, 0.3) is 70.8 Å². The summed E-state index contributed by atoms with van der Waals surface area (Å²) in [5, 5.41) is 2.97. The number of benzene rings is 5. The fourth-order valence-electron chi connectivity index (χ4n) is 7.64. The van der Waals surface area contributed by atoms with E-state index in [4.69, 9.17) is 18.8 Å². The molecule has 0 radical (unpaired) electrons. The number of fused-ring (bicyclic) bond motifs is 4. The molecule has 0 spiro atoms. The third-order valence-corrected chi connectivity index (χ3v) is 11.7. The van der Waals surface area contributed by atoms with Gasteiger partial charge in [0.2, 0.25) is 5.88 Å². The summed E-state index contributed by atoms with van der Waals surface area (Å²) in [4.78, 5) is 15.1. The zero-order valence-corrected chi connectivity index (χ0v) is 36.3. The summed E-state index contributed by atoms with van der Waals surface area (Å²) in [6.45, 7) is 11.2. The van der Waals surface area contributed by atoms with Gasteiger partial charge < -0.3 is 14.3 Å². The third kappa shape index (κ3) is 7.29. The van der Waals surface area contributed by atoms with Gasteiger partial charge in [-0.3, -0.25) is 4.98 Å². The van der Waals surface area contributed by atoms with Gasteiger partial charge >= 0.3 is 21.1 Å². The first-order valence-electron chi connectivity index (χ1n) is 21.0. The smallest absolute Gasteiger partial charge is 0.457 e. The summed E-state index contributed by atoms with van der Waals surface area (Å²) in [6.07, 6.45) is 1.41. The topological polar surface area (TPSA) is 52.8 Å². The van der Waals surface area contributed by atoms with Crippen molar-refractivity contribution in [3.05, 3.63) is 156 Å². The first kappa shape index (κ1) is 35.7. The Morgan fingerprint density at radius 3 is 2.21 bits per heavy atom. The number of thiazole rings is 1.